The Bertz CT molecular complexity index is 955. The highest BCUT2D eigenvalue weighted by Crippen LogP contribution is 2.32. The van der Waals surface area contributed by atoms with Gasteiger partial charge in [-0.3, -0.25) is 9.19 Å². The Morgan fingerprint density at radius 1 is 1.33 bits per heavy atom. The van der Waals surface area contributed by atoms with E-state index in [0.29, 0.717) is 38.0 Å². The van der Waals surface area contributed by atoms with Crippen LogP contribution in [0.5, 0.6) is 0 Å². The first-order valence-corrected chi connectivity index (χ1v) is 11.7. The third-order valence-corrected chi connectivity index (χ3v) is 7.20. The number of thioether (sulfide) groups is 1. The minimum Gasteiger partial charge on any atom is -0.264 e. The van der Waals surface area contributed by atoms with Gasteiger partial charge in [0, 0.05) is 46.1 Å². The summed E-state index contributed by atoms with van der Waals surface area (Å²) in [7, 11) is -0.957. The number of aromatic nitrogens is 4. The molecule has 0 aliphatic carbocycles. The predicted octanol–water partition coefficient (Wildman–Crippen LogP) is 4.13. The maximum atomic E-state index is 12.2. The highest BCUT2D eigenvalue weighted by molar-refractivity contribution is 8.10. The topological polar surface area (TPSA) is 92.4 Å². The second-order valence-corrected chi connectivity index (χ2v) is 9.33. The van der Waals surface area contributed by atoms with Crippen LogP contribution in [0, 0.1) is 11.3 Å². The summed E-state index contributed by atoms with van der Waals surface area (Å²) >= 11 is 2.77. The van der Waals surface area contributed by atoms with Crippen molar-refractivity contribution in [1.82, 2.24) is 19.9 Å². The van der Waals surface area contributed by atoms with E-state index in [-0.39, 0.29) is 0 Å². The molecule has 0 saturated carbocycles. The highest BCUT2D eigenvalue weighted by Gasteiger charge is 2.19. The van der Waals surface area contributed by atoms with Gasteiger partial charge in [-0.2, -0.15) is 5.26 Å². The standard InChI is InChI=1S/C18H17N5OS3/c1-2-3-9-27(24)12-26-17-14(10-19)15(13-5-4-6-20-11-13)22-16(23-17)18-21-7-8-25-18/h4-8,11H,2-3,9,12H2,1H3. The van der Waals surface area contributed by atoms with Crippen molar-refractivity contribution in [1.29, 1.82) is 5.26 Å². The third-order valence-electron chi connectivity index (χ3n) is 3.60. The van der Waals surface area contributed by atoms with Crippen molar-refractivity contribution < 1.29 is 4.21 Å². The highest BCUT2D eigenvalue weighted by atomic mass is 32.2. The SMILES string of the molecule is CCCCS(=O)CSc1nc(-c2nccs2)nc(-c2cccnc2)c1C#N. The third kappa shape index (κ3) is 4.97. The van der Waals surface area contributed by atoms with Gasteiger partial charge in [0.1, 0.15) is 16.7 Å². The molecule has 0 aliphatic heterocycles. The van der Waals surface area contributed by atoms with Crippen LogP contribution in [0.15, 0.2) is 41.1 Å². The average molecular weight is 416 g/mol. The molecule has 138 valence electrons. The number of unbranched alkanes of at least 4 members (excludes halogenated alkanes) is 1. The summed E-state index contributed by atoms with van der Waals surface area (Å²) in [5, 5.41) is 13.2. The fraction of sp³-hybridized carbons (Fsp3) is 0.278. The molecule has 0 fully saturated rings. The van der Waals surface area contributed by atoms with Gasteiger partial charge >= 0.3 is 0 Å². The molecule has 3 rings (SSSR count). The lowest BCUT2D eigenvalue weighted by atomic mass is 10.1. The quantitative estimate of drug-likeness (QED) is 0.403. The average Bonchev–Trinajstić information content (AvgIpc) is 3.25. The maximum absolute atomic E-state index is 12.2. The lowest BCUT2D eigenvalue weighted by molar-refractivity contribution is 0.682. The predicted molar refractivity (Wildman–Crippen MR) is 110 cm³/mol. The summed E-state index contributed by atoms with van der Waals surface area (Å²) < 4.78 is 12.2. The van der Waals surface area contributed by atoms with Gasteiger partial charge in [0.2, 0.25) is 0 Å². The number of thiazole rings is 1. The molecule has 0 spiro atoms. The molecule has 0 aliphatic rings. The smallest absolute Gasteiger partial charge is 0.190 e. The van der Waals surface area contributed by atoms with E-state index in [1.807, 2.05) is 11.4 Å². The molecule has 6 nitrogen and oxygen atoms in total. The fourth-order valence-corrected chi connectivity index (χ4v) is 5.33. The number of nitrogens with zero attached hydrogens (tertiary/aromatic N) is 5. The van der Waals surface area contributed by atoms with Crippen LogP contribution in [0.4, 0.5) is 0 Å². The Kier molecular flexibility index (Phi) is 7.04. The van der Waals surface area contributed by atoms with Crippen LogP contribution < -0.4 is 0 Å². The van der Waals surface area contributed by atoms with Gasteiger partial charge in [-0.15, -0.1) is 11.3 Å². The summed E-state index contributed by atoms with van der Waals surface area (Å²) in [6.07, 6.45) is 6.96. The van der Waals surface area contributed by atoms with Crippen LogP contribution in [0.3, 0.4) is 0 Å². The molecule has 3 aromatic rings. The first kappa shape index (κ1) is 19.6. The van der Waals surface area contributed by atoms with Crippen LogP contribution >= 0.6 is 23.1 Å². The molecule has 0 N–H and O–H groups in total. The number of hydrogen-bond acceptors (Lipinski definition) is 8. The minimum absolute atomic E-state index is 0.376. The zero-order valence-corrected chi connectivity index (χ0v) is 17.1. The van der Waals surface area contributed by atoms with E-state index < -0.39 is 10.8 Å². The first-order chi connectivity index (χ1) is 13.2. The van der Waals surface area contributed by atoms with Gasteiger partial charge in [-0.05, 0) is 18.6 Å². The largest absolute Gasteiger partial charge is 0.264 e. The monoisotopic (exact) mass is 415 g/mol. The molecule has 1 unspecified atom stereocenters. The minimum atomic E-state index is -0.957. The van der Waals surface area contributed by atoms with Gasteiger partial charge in [0.15, 0.2) is 10.8 Å². The van der Waals surface area contributed by atoms with Crippen LogP contribution in [-0.2, 0) is 10.8 Å². The molecule has 1 atom stereocenters. The van der Waals surface area contributed by atoms with E-state index in [9.17, 15) is 9.47 Å². The van der Waals surface area contributed by atoms with Crippen molar-refractivity contribution in [2.75, 3.05) is 10.8 Å². The molecule has 0 aromatic carbocycles. The maximum Gasteiger partial charge on any atom is 0.190 e. The van der Waals surface area contributed by atoms with Crippen molar-refractivity contribution in [2.24, 2.45) is 0 Å². The van der Waals surface area contributed by atoms with E-state index in [1.54, 1.807) is 24.7 Å². The lowest BCUT2D eigenvalue weighted by Crippen LogP contribution is -2.03. The molecule has 0 saturated heterocycles. The van der Waals surface area contributed by atoms with Crippen LogP contribution in [0.2, 0.25) is 0 Å². The van der Waals surface area contributed by atoms with Gasteiger partial charge in [-0.1, -0.05) is 25.1 Å². The number of rotatable bonds is 8. The summed E-state index contributed by atoms with van der Waals surface area (Å²) in [6.45, 7) is 2.07. The van der Waals surface area contributed by atoms with E-state index in [2.05, 4.69) is 32.9 Å². The zero-order valence-electron chi connectivity index (χ0n) is 14.7. The van der Waals surface area contributed by atoms with Crippen molar-refractivity contribution in [3.05, 3.63) is 41.7 Å². The number of hydrogen-bond donors (Lipinski definition) is 0. The summed E-state index contributed by atoms with van der Waals surface area (Å²) in [6, 6.07) is 5.87. The Morgan fingerprint density at radius 2 is 2.22 bits per heavy atom. The molecule has 0 bridgehead atoms. The molecule has 9 heteroatoms. The van der Waals surface area contributed by atoms with E-state index in [1.165, 1.54) is 23.1 Å². The Balaban J connectivity index is 2.01. The second kappa shape index (κ2) is 9.69. The summed E-state index contributed by atoms with van der Waals surface area (Å²) in [5.41, 5.74) is 1.64. The normalized spacial score (nSPS) is 11.9. The molecule has 27 heavy (non-hydrogen) atoms. The van der Waals surface area contributed by atoms with Crippen molar-refractivity contribution in [2.45, 2.75) is 24.8 Å². The molecule has 3 aromatic heterocycles. The Hall–Kier alpha value is -2.15. The number of nitriles is 1. The van der Waals surface area contributed by atoms with E-state index in [4.69, 9.17) is 0 Å². The van der Waals surface area contributed by atoms with Gasteiger partial charge < -0.3 is 0 Å². The van der Waals surface area contributed by atoms with Gasteiger partial charge in [0.05, 0.1) is 10.8 Å². The molecule has 0 radical (unpaired) electrons. The Morgan fingerprint density at radius 3 is 2.89 bits per heavy atom. The summed E-state index contributed by atoms with van der Waals surface area (Å²) in [4.78, 5) is 17.5. The first-order valence-electron chi connectivity index (χ1n) is 8.33. The number of pyridine rings is 1. The van der Waals surface area contributed by atoms with Gasteiger partial charge in [-0.25, -0.2) is 15.0 Å². The van der Waals surface area contributed by atoms with Crippen LogP contribution in [0.25, 0.3) is 22.1 Å². The molecular weight excluding hydrogens is 398 g/mol. The molecule has 3 heterocycles. The zero-order chi connectivity index (χ0) is 19.1. The molecule has 0 amide bonds. The summed E-state index contributed by atoms with van der Waals surface area (Å²) in [5.74, 6) is 1.12. The molecular formula is C18H17N5OS3. The Labute approximate surface area is 168 Å². The second-order valence-electron chi connectivity index (χ2n) is 5.53. The van der Waals surface area contributed by atoms with E-state index in [0.717, 1.165) is 18.4 Å². The van der Waals surface area contributed by atoms with Crippen molar-refractivity contribution >= 4 is 33.9 Å². The lowest BCUT2D eigenvalue weighted by Gasteiger charge is -2.10. The van der Waals surface area contributed by atoms with Crippen molar-refractivity contribution in [3.8, 4) is 28.2 Å². The van der Waals surface area contributed by atoms with Crippen LogP contribution in [0.1, 0.15) is 25.3 Å². The van der Waals surface area contributed by atoms with Crippen molar-refractivity contribution in [3.63, 3.8) is 0 Å². The van der Waals surface area contributed by atoms with Crippen LogP contribution in [-0.4, -0.2) is 35.0 Å². The van der Waals surface area contributed by atoms with E-state index >= 15 is 0 Å². The van der Waals surface area contributed by atoms with Gasteiger partial charge in [0.25, 0.3) is 0 Å². The fourth-order valence-electron chi connectivity index (χ4n) is 2.27.